The van der Waals surface area contributed by atoms with Crippen LogP contribution >= 0.6 is 0 Å². The van der Waals surface area contributed by atoms with Gasteiger partial charge in [0.2, 0.25) is 5.91 Å². The molecule has 138 valence electrons. The first-order valence-corrected chi connectivity index (χ1v) is 9.61. The smallest absolute Gasteiger partial charge is 0.223 e. The average Bonchev–Trinajstić information content (AvgIpc) is 2.58. The minimum atomic E-state index is 0.225. The van der Waals surface area contributed by atoms with E-state index in [0.717, 1.165) is 51.3 Å². The van der Waals surface area contributed by atoms with Crippen molar-refractivity contribution in [2.24, 2.45) is 10.9 Å². The molecule has 0 saturated heterocycles. The lowest BCUT2D eigenvalue weighted by molar-refractivity contribution is -0.127. The van der Waals surface area contributed by atoms with Crippen molar-refractivity contribution < 1.29 is 4.79 Å². The molecule has 1 aliphatic carbocycles. The van der Waals surface area contributed by atoms with Crippen LogP contribution in [0.2, 0.25) is 0 Å². The Morgan fingerprint density at radius 2 is 1.80 bits per heavy atom. The monoisotopic (exact) mass is 344 g/mol. The minimum absolute atomic E-state index is 0.225. The lowest BCUT2D eigenvalue weighted by Crippen LogP contribution is -2.39. The Balaban J connectivity index is 1.72. The summed E-state index contributed by atoms with van der Waals surface area (Å²) >= 11 is 0. The Kier molecular flexibility index (Phi) is 8.29. The van der Waals surface area contributed by atoms with E-state index in [0.29, 0.717) is 6.54 Å². The number of amides is 1. The van der Waals surface area contributed by atoms with Crippen molar-refractivity contribution in [3.05, 3.63) is 35.4 Å². The Hall–Kier alpha value is -2.04. The predicted molar refractivity (Wildman–Crippen MR) is 104 cm³/mol. The van der Waals surface area contributed by atoms with Crippen molar-refractivity contribution in [3.8, 4) is 0 Å². The van der Waals surface area contributed by atoms with Crippen LogP contribution in [-0.2, 0) is 17.8 Å². The van der Waals surface area contributed by atoms with Gasteiger partial charge >= 0.3 is 0 Å². The number of hydrogen-bond donors (Lipinski definition) is 3. The molecule has 0 aliphatic heterocycles. The first kappa shape index (κ1) is 19.3. The molecular formula is C20H32N4O. The molecule has 3 N–H and O–H groups in total. The van der Waals surface area contributed by atoms with E-state index in [-0.39, 0.29) is 11.8 Å². The summed E-state index contributed by atoms with van der Waals surface area (Å²) < 4.78 is 0. The van der Waals surface area contributed by atoms with Gasteiger partial charge in [-0.2, -0.15) is 0 Å². The lowest BCUT2D eigenvalue weighted by atomic mass is 9.85. The van der Waals surface area contributed by atoms with Crippen LogP contribution in [0.15, 0.2) is 29.3 Å². The Morgan fingerprint density at radius 3 is 2.44 bits per heavy atom. The number of guanidine groups is 1. The van der Waals surface area contributed by atoms with Gasteiger partial charge in [0.05, 0.1) is 6.54 Å². The van der Waals surface area contributed by atoms with Gasteiger partial charge in [0, 0.05) is 25.6 Å². The molecule has 0 heterocycles. The van der Waals surface area contributed by atoms with Crippen molar-refractivity contribution in [2.75, 3.05) is 19.6 Å². The minimum Gasteiger partial charge on any atom is -0.357 e. The largest absolute Gasteiger partial charge is 0.357 e. The quantitative estimate of drug-likeness (QED) is 0.366. The summed E-state index contributed by atoms with van der Waals surface area (Å²) in [6.07, 6.45) is 5.23. The molecule has 1 fully saturated rings. The molecule has 1 aromatic carbocycles. The molecule has 1 amide bonds. The summed E-state index contributed by atoms with van der Waals surface area (Å²) in [7, 11) is 0. The van der Waals surface area contributed by atoms with Crippen molar-refractivity contribution in [3.63, 3.8) is 0 Å². The summed E-state index contributed by atoms with van der Waals surface area (Å²) in [4.78, 5) is 16.5. The molecule has 0 radical (unpaired) electrons. The van der Waals surface area contributed by atoms with Crippen LogP contribution in [0.1, 0.15) is 50.7 Å². The second-order valence-electron chi connectivity index (χ2n) is 6.52. The van der Waals surface area contributed by atoms with Gasteiger partial charge in [0.1, 0.15) is 0 Å². The maximum absolute atomic E-state index is 11.8. The number of carbonyl (C=O) groups excluding carboxylic acids is 1. The van der Waals surface area contributed by atoms with Gasteiger partial charge in [-0.3, -0.25) is 4.79 Å². The third-order valence-electron chi connectivity index (χ3n) is 4.67. The second kappa shape index (κ2) is 10.7. The molecule has 1 aliphatic rings. The van der Waals surface area contributed by atoms with Crippen LogP contribution in [-0.4, -0.2) is 31.5 Å². The average molecular weight is 345 g/mol. The van der Waals surface area contributed by atoms with E-state index in [2.05, 4.69) is 59.1 Å². The van der Waals surface area contributed by atoms with Crippen LogP contribution < -0.4 is 16.0 Å². The number of nitrogens with zero attached hydrogens (tertiary/aromatic N) is 1. The third-order valence-corrected chi connectivity index (χ3v) is 4.67. The van der Waals surface area contributed by atoms with Crippen molar-refractivity contribution in [1.82, 2.24) is 16.0 Å². The van der Waals surface area contributed by atoms with Crippen LogP contribution in [0, 0.1) is 5.92 Å². The number of aryl methyl sites for hydroxylation is 1. The second-order valence-corrected chi connectivity index (χ2v) is 6.52. The fraction of sp³-hybridized carbons (Fsp3) is 0.600. The maximum atomic E-state index is 11.8. The van der Waals surface area contributed by atoms with E-state index >= 15 is 0 Å². The van der Waals surface area contributed by atoms with Crippen molar-refractivity contribution in [2.45, 2.75) is 52.5 Å². The maximum Gasteiger partial charge on any atom is 0.223 e. The molecule has 1 saturated carbocycles. The van der Waals surface area contributed by atoms with Crippen molar-refractivity contribution >= 4 is 11.9 Å². The van der Waals surface area contributed by atoms with Crippen LogP contribution in [0.25, 0.3) is 0 Å². The van der Waals surface area contributed by atoms with E-state index in [4.69, 9.17) is 0 Å². The highest BCUT2D eigenvalue weighted by Gasteiger charge is 2.24. The first-order valence-electron chi connectivity index (χ1n) is 9.61. The zero-order chi connectivity index (χ0) is 17.9. The summed E-state index contributed by atoms with van der Waals surface area (Å²) in [6, 6.07) is 8.44. The third kappa shape index (κ3) is 6.40. The van der Waals surface area contributed by atoms with E-state index in [1.54, 1.807) is 0 Å². The molecule has 2 rings (SSSR count). The molecule has 0 aromatic heterocycles. The molecule has 0 spiro atoms. The summed E-state index contributed by atoms with van der Waals surface area (Å²) in [5.74, 6) is 1.33. The number of nitrogens with one attached hydrogen (secondary N) is 3. The SMILES string of the molecule is CCNC(=NCc1ccccc1CC)NCCCNC(=O)C1CCC1. The first-order chi connectivity index (χ1) is 12.2. The zero-order valence-electron chi connectivity index (χ0n) is 15.6. The molecule has 0 bridgehead atoms. The highest BCUT2D eigenvalue weighted by Crippen LogP contribution is 2.25. The van der Waals surface area contributed by atoms with E-state index in [9.17, 15) is 4.79 Å². The Bertz CT molecular complexity index is 567. The van der Waals surface area contributed by atoms with E-state index < -0.39 is 0 Å². The summed E-state index contributed by atoms with van der Waals surface area (Å²) in [5, 5.41) is 9.65. The van der Waals surface area contributed by atoms with Crippen LogP contribution in [0.5, 0.6) is 0 Å². The normalized spacial score (nSPS) is 14.7. The van der Waals surface area contributed by atoms with Gasteiger partial charge in [-0.05, 0) is 43.7 Å². The Morgan fingerprint density at radius 1 is 1.08 bits per heavy atom. The number of rotatable bonds is 9. The highest BCUT2D eigenvalue weighted by atomic mass is 16.1. The van der Waals surface area contributed by atoms with Gasteiger partial charge in [0.25, 0.3) is 0 Å². The van der Waals surface area contributed by atoms with E-state index in [1.165, 1.54) is 17.5 Å². The van der Waals surface area contributed by atoms with Crippen molar-refractivity contribution in [1.29, 1.82) is 0 Å². The van der Waals surface area contributed by atoms with Gasteiger partial charge in [-0.15, -0.1) is 0 Å². The molecule has 5 nitrogen and oxygen atoms in total. The van der Waals surface area contributed by atoms with Gasteiger partial charge in [-0.25, -0.2) is 4.99 Å². The molecule has 5 heteroatoms. The molecule has 0 atom stereocenters. The summed E-state index contributed by atoms with van der Waals surface area (Å²) in [6.45, 7) is 7.27. The van der Waals surface area contributed by atoms with Crippen LogP contribution in [0.4, 0.5) is 0 Å². The molecule has 0 unspecified atom stereocenters. The van der Waals surface area contributed by atoms with Gasteiger partial charge in [0.15, 0.2) is 5.96 Å². The molecule has 25 heavy (non-hydrogen) atoms. The number of benzene rings is 1. The number of hydrogen-bond acceptors (Lipinski definition) is 2. The Labute approximate surface area is 151 Å². The summed E-state index contributed by atoms with van der Waals surface area (Å²) in [5.41, 5.74) is 2.62. The predicted octanol–water partition coefficient (Wildman–Crippen LogP) is 2.61. The zero-order valence-corrected chi connectivity index (χ0v) is 15.6. The lowest BCUT2D eigenvalue weighted by Gasteiger charge is -2.24. The number of carbonyl (C=O) groups is 1. The highest BCUT2D eigenvalue weighted by molar-refractivity contribution is 5.80. The van der Waals surface area contributed by atoms with Gasteiger partial charge in [-0.1, -0.05) is 37.6 Å². The topological polar surface area (TPSA) is 65.5 Å². The van der Waals surface area contributed by atoms with Gasteiger partial charge < -0.3 is 16.0 Å². The number of aliphatic imine (C=N–C) groups is 1. The standard InChI is InChI=1S/C20H32N4O/c1-3-16-9-5-6-10-18(16)15-24-20(21-4-2)23-14-8-13-22-19(25)17-11-7-12-17/h5-6,9-10,17H,3-4,7-8,11-15H2,1-2H3,(H,22,25)(H2,21,23,24). The molecule has 1 aromatic rings. The van der Waals surface area contributed by atoms with E-state index in [1.807, 2.05) is 0 Å². The molecular weight excluding hydrogens is 312 g/mol. The van der Waals surface area contributed by atoms with Crippen LogP contribution in [0.3, 0.4) is 0 Å². The fourth-order valence-corrected chi connectivity index (χ4v) is 2.88. The fourth-order valence-electron chi connectivity index (χ4n) is 2.88.